The van der Waals surface area contributed by atoms with Crippen LogP contribution in [0.25, 0.3) is 0 Å². The molecule has 182 valence electrons. The van der Waals surface area contributed by atoms with Crippen molar-refractivity contribution in [1.82, 2.24) is 14.9 Å². The summed E-state index contributed by atoms with van der Waals surface area (Å²) in [7, 11) is -4.02. The molecule has 4 rings (SSSR count). The molecular formula is C26H33N3O4S. The third-order valence-electron chi connectivity index (χ3n) is 6.68. The Labute approximate surface area is 202 Å². The molecule has 1 aliphatic heterocycles. The number of hydrogen-bond acceptors (Lipinski definition) is 4. The van der Waals surface area contributed by atoms with E-state index in [-0.39, 0.29) is 29.8 Å². The average molecular weight is 484 g/mol. The lowest BCUT2D eigenvalue weighted by Gasteiger charge is -2.42. The summed E-state index contributed by atoms with van der Waals surface area (Å²) in [5, 5.41) is 5.91. The topological polar surface area (TPSA) is 95.6 Å². The minimum atomic E-state index is -4.02. The molecule has 0 aromatic heterocycles. The first-order valence-electron chi connectivity index (χ1n) is 11.7. The van der Waals surface area contributed by atoms with Crippen molar-refractivity contribution in [2.75, 3.05) is 6.54 Å². The second-order valence-electron chi connectivity index (χ2n) is 10.2. The van der Waals surface area contributed by atoms with Crippen LogP contribution in [0.4, 0.5) is 0 Å². The van der Waals surface area contributed by atoms with Crippen molar-refractivity contribution in [2.45, 2.75) is 76.4 Å². The first kappa shape index (κ1) is 24.4. The van der Waals surface area contributed by atoms with Gasteiger partial charge in [-0.3, -0.25) is 9.59 Å². The quantitative estimate of drug-likeness (QED) is 0.683. The molecule has 7 nitrogen and oxygen atoms in total. The molecule has 8 heteroatoms. The number of fused-ring (bicyclic) bond motifs is 1. The molecule has 0 radical (unpaired) electrons. The predicted octanol–water partition coefficient (Wildman–Crippen LogP) is 3.07. The number of amides is 2. The first-order chi connectivity index (χ1) is 15.9. The number of hydrogen-bond donors (Lipinski definition) is 2. The van der Waals surface area contributed by atoms with Gasteiger partial charge in [0.25, 0.3) is 0 Å². The number of carbonyl (C=O) groups excluding carboxylic acids is 2. The number of sulfonamides is 1. The van der Waals surface area contributed by atoms with Crippen LogP contribution in [0.2, 0.25) is 0 Å². The summed E-state index contributed by atoms with van der Waals surface area (Å²) in [5.41, 5.74) is 3.77. The lowest BCUT2D eigenvalue weighted by molar-refractivity contribution is -0.134. The van der Waals surface area contributed by atoms with Gasteiger partial charge in [0.2, 0.25) is 21.8 Å². The largest absolute Gasteiger partial charge is 0.349 e. The Morgan fingerprint density at radius 2 is 1.79 bits per heavy atom. The van der Waals surface area contributed by atoms with E-state index in [2.05, 4.69) is 16.7 Å². The highest BCUT2D eigenvalue weighted by Crippen LogP contribution is 2.33. The number of benzene rings is 2. The lowest BCUT2D eigenvalue weighted by atomic mass is 9.98. The number of nitrogens with zero attached hydrogens (tertiary/aromatic N) is 1. The standard InChI is InChI=1S/C26H33N3O4S/c1-16-12-17(2)24(18(3)13-16)34(32,33)29-15-26(4,5)28-25(31)22(29)14-23(30)27-21-11-10-19-8-6-7-9-20(19)21/h6-9,12-13,21-22H,10-11,14-15H2,1-5H3,(H,27,30)(H,28,31)/t21-,22+/m0/s1. The van der Waals surface area contributed by atoms with Crippen LogP contribution in [0.5, 0.6) is 0 Å². The highest BCUT2D eigenvalue weighted by molar-refractivity contribution is 7.89. The Hall–Kier alpha value is -2.71. The second kappa shape index (κ2) is 8.82. The number of rotatable bonds is 5. The molecule has 2 atom stereocenters. The summed E-state index contributed by atoms with van der Waals surface area (Å²) in [6, 6.07) is 10.4. The number of carbonyl (C=O) groups is 2. The molecule has 2 aromatic carbocycles. The van der Waals surface area contributed by atoms with Gasteiger partial charge in [-0.15, -0.1) is 0 Å². The molecule has 1 saturated heterocycles. The highest BCUT2D eigenvalue weighted by Gasteiger charge is 2.46. The molecule has 2 aliphatic rings. The average Bonchev–Trinajstić information content (AvgIpc) is 3.11. The Bertz CT molecular complexity index is 1230. The SMILES string of the molecule is Cc1cc(C)c(S(=O)(=O)N2CC(C)(C)NC(=O)[C@H]2CC(=O)N[C@H]2CCc3ccccc32)c(C)c1. The number of nitrogens with one attached hydrogen (secondary N) is 2. The smallest absolute Gasteiger partial charge is 0.244 e. The van der Waals surface area contributed by atoms with Crippen LogP contribution in [-0.2, 0) is 26.0 Å². The summed E-state index contributed by atoms with van der Waals surface area (Å²) in [5.74, 6) is -0.789. The van der Waals surface area contributed by atoms with Crippen LogP contribution in [0, 0.1) is 20.8 Å². The zero-order valence-corrected chi connectivity index (χ0v) is 21.3. The predicted molar refractivity (Wildman–Crippen MR) is 131 cm³/mol. The van der Waals surface area contributed by atoms with Crippen LogP contribution in [-0.4, -0.2) is 42.7 Å². The van der Waals surface area contributed by atoms with Gasteiger partial charge in [0.1, 0.15) is 6.04 Å². The van der Waals surface area contributed by atoms with Crippen LogP contribution in [0.15, 0.2) is 41.3 Å². The Kier molecular flexibility index (Phi) is 6.33. The van der Waals surface area contributed by atoms with Crippen LogP contribution < -0.4 is 10.6 Å². The fraction of sp³-hybridized carbons (Fsp3) is 0.462. The van der Waals surface area contributed by atoms with Gasteiger partial charge < -0.3 is 10.6 Å². The summed E-state index contributed by atoms with van der Waals surface area (Å²) in [6.07, 6.45) is 1.44. The molecule has 0 saturated carbocycles. The van der Waals surface area contributed by atoms with E-state index in [1.54, 1.807) is 27.7 Å². The highest BCUT2D eigenvalue weighted by atomic mass is 32.2. The van der Waals surface area contributed by atoms with Crippen molar-refractivity contribution < 1.29 is 18.0 Å². The number of aryl methyl sites for hydroxylation is 4. The summed E-state index contributed by atoms with van der Waals surface area (Å²) >= 11 is 0. The Morgan fingerprint density at radius 3 is 2.47 bits per heavy atom. The van der Waals surface area contributed by atoms with E-state index < -0.39 is 27.5 Å². The van der Waals surface area contributed by atoms with Gasteiger partial charge in [-0.25, -0.2) is 8.42 Å². The van der Waals surface area contributed by atoms with E-state index in [1.165, 1.54) is 9.87 Å². The molecule has 1 heterocycles. The van der Waals surface area contributed by atoms with Gasteiger partial charge in [-0.05, 0) is 69.7 Å². The molecule has 0 unspecified atom stereocenters. The fourth-order valence-corrected chi connectivity index (χ4v) is 7.52. The maximum absolute atomic E-state index is 13.9. The molecule has 1 fully saturated rings. The third kappa shape index (κ3) is 4.61. The number of piperazine rings is 1. The van der Waals surface area contributed by atoms with Gasteiger partial charge in [0.15, 0.2) is 0 Å². The molecule has 0 bridgehead atoms. The molecule has 1 aliphatic carbocycles. The maximum Gasteiger partial charge on any atom is 0.244 e. The molecule has 34 heavy (non-hydrogen) atoms. The van der Waals surface area contributed by atoms with E-state index in [1.807, 2.05) is 37.3 Å². The van der Waals surface area contributed by atoms with Gasteiger partial charge in [-0.1, -0.05) is 42.0 Å². The van der Waals surface area contributed by atoms with Gasteiger partial charge in [0.05, 0.1) is 17.4 Å². The van der Waals surface area contributed by atoms with Gasteiger partial charge in [-0.2, -0.15) is 4.31 Å². The first-order valence-corrected chi connectivity index (χ1v) is 13.1. The summed E-state index contributed by atoms with van der Waals surface area (Å²) in [6.45, 7) is 9.10. The van der Waals surface area contributed by atoms with Crippen LogP contribution in [0.3, 0.4) is 0 Å². The summed E-state index contributed by atoms with van der Waals surface area (Å²) < 4.78 is 29.0. The molecule has 2 N–H and O–H groups in total. The minimum Gasteiger partial charge on any atom is -0.349 e. The molecule has 2 amide bonds. The normalized spacial score (nSPS) is 22.2. The van der Waals surface area contributed by atoms with Gasteiger partial charge in [0, 0.05) is 12.1 Å². The minimum absolute atomic E-state index is 0.0814. The second-order valence-corrected chi connectivity index (χ2v) is 12.1. The van der Waals surface area contributed by atoms with E-state index in [9.17, 15) is 18.0 Å². The van der Waals surface area contributed by atoms with Crippen LogP contribution in [0.1, 0.15) is 60.5 Å². The maximum atomic E-state index is 13.9. The zero-order valence-electron chi connectivity index (χ0n) is 20.4. The fourth-order valence-electron chi connectivity index (χ4n) is 5.36. The van der Waals surface area contributed by atoms with Crippen molar-refractivity contribution in [1.29, 1.82) is 0 Å². The Balaban J connectivity index is 1.63. The van der Waals surface area contributed by atoms with Crippen molar-refractivity contribution >= 4 is 21.8 Å². The Morgan fingerprint density at radius 1 is 1.15 bits per heavy atom. The van der Waals surface area contributed by atoms with Gasteiger partial charge >= 0.3 is 0 Å². The van der Waals surface area contributed by atoms with Crippen molar-refractivity contribution in [3.8, 4) is 0 Å². The van der Waals surface area contributed by atoms with E-state index in [0.29, 0.717) is 11.1 Å². The van der Waals surface area contributed by atoms with E-state index in [4.69, 9.17) is 0 Å². The molecular weight excluding hydrogens is 450 g/mol. The van der Waals surface area contributed by atoms with E-state index in [0.717, 1.165) is 24.0 Å². The third-order valence-corrected chi connectivity index (χ3v) is 8.84. The van der Waals surface area contributed by atoms with E-state index >= 15 is 0 Å². The lowest BCUT2D eigenvalue weighted by Crippen LogP contribution is -2.66. The zero-order chi connectivity index (χ0) is 24.8. The van der Waals surface area contributed by atoms with Crippen molar-refractivity contribution in [2.24, 2.45) is 0 Å². The monoisotopic (exact) mass is 483 g/mol. The van der Waals surface area contributed by atoms with Crippen molar-refractivity contribution in [3.05, 3.63) is 64.2 Å². The molecule has 2 aromatic rings. The van der Waals surface area contributed by atoms with Crippen LogP contribution >= 0.6 is 0 Å². The van der Waals surface area contributed by atoms with Crippen molar-refractivity contribution in [3.63, 3.8) is 0 Å². The molecule has 0 spiro atoms. The summed E-state index contributed by atoms with van der Waals surface area (Å²) in [4.78, 5) is 26.4.